The molecule has 0 saturated carbocycles. The number of nitrogens with zero attached hydrogens (tertiary/aromatic N) is 2. The van der Waals surface area contributed by atoms with Gasteiger partial charge >= 0.3 is 0 Å². The van der Waals surface area contributed by atoms with E-state index in [1.807, 2.05) is 56.3 Å². The molecule has 0 amide bonds. The Morgan fingerprint density at radius 1 is 0.962 bits per heavy atom. The maximum Gasteiger partial charge on any atom is 0.191 e. The molecule has 5 heteroatoms. The van der Waals surface area contributed by atoms with Crippen LogP contribution in [0, 0.1) is 13.8 Å². The molecule has 4 rings (SSSR count). The van der Waals surface area contributed by atoms with Gasteiger partial charge in [-0.25, -0.2) is 9.97 Å². The fourth-order valence-electron chi connectivity index (χ4n) is 3.32. The number of fused-ring (bicyclic) bond motifs is 1. The third-order valence-electron chi connectivity index (χ3n) is 4.41. The fraction of sp³-hybridized carbons (Fsp3) is 0.0952. The summed E-state index contributed by atoms with van der Waals surface area (Å²) < 4.78 is 0. The number of aryl methyl sites for hydroxylation is 2. The molecular formula is C21H16ClN3O. The Labute approximate surface area is 155 Å². The predicted octanol–water partition coefficient (Wildman–Crippen LogP) is 4.92. The molecule has 0 bridgehead atoms. The second-order valence-corrected chi connectivity index (χ2v) is 6.60. The van der Waals surface area contributed by atoms with E-state index in [2.05, 4.69) is 9.97 Å². The first-order valence-corrected chi connectivity index (χ1v) is 8.64. The van der Waals surface area contributed by atoms with Crippen molar-refractivity contribution < 1.29 is 0 Å². The lowest BCUT2D eigenvalue weighted by Crippen LogP contribution is -2.07. The van der Waals surface area contributed by atoms with Crippen molar-refractivity contribution in [3.63, 3.8) is 0 Å². The van der Waals surface area contributed by atoms with Crippen LogP contribution in [0.15, 0.2) is 59.5 Å². The Hall–Kier alpha value is -2.98. The van der Waals surface area contributed by atoms with Crippen LogP contribution in [0.25, 0.3) is 33.4 Å². The zero-order chi connectivity index (χ0) is 18.3. The Morgan fingerprint density at radius 3 is 2.46 bits per heavy atom. The summed E-state index contributed by atoms with van der Waals surface area (Å²) in [4.78, 5) is 24.6. The number of benzene rings is 1. The van der Waals surface area contributed by atoms with Crippen molar-refractivity contribution in [1.29, 1.82) is 0 Å². The highest BCUT2D eigenvalue weighted by Crippen LogP contribution is 2.36. The van der Waals surface area contributed by atoms with E-state index < -0.39 is 0 Å². The van der Waals surface area contributed by atoms with Gasteiger partial charge in [0, 0.05) is 29.1 Å². The molecule has 0 radical (unpaired) electrons. The Bertz CT molecular complexity index is 1160. The zero-order valence-electron chi connectivity index (χ0n) is 14.4. The van der Waals surface area contributed by atoms with Gasteiger partial charge in [0.2, 0.25) is 0 Å². The van der Waals surface area contributed by atoms with Gasteiger partial charge in [0.1, 0.15) is 10.8 Å². The molecule has 0 spiro atoms. The van der Waals surface area contributed by atoms with Crippen LogP contribution >= 0.6 is 11.6 Å². The normalized spacial score (nSPS) is 11.0. The molecule has 4 aromatic rings. The molecule has 128 valence electrons. The molecule has 0 unspecified atom stereocenters. The molecule has 1 aromatic carbocycles. The number of halogens is 1. The van der Waals surface area contributed by atoms with Crippen LogP contribution in [0.2, 0.25) is 5.15 Å². The molecule has 0 atom stereocenters. The first-order valence-electron chi connectivity index (χ1n) is 8.26. The van der Waals surface area contributed by atoms with Crippen molar-refractivity contribution in [3.8, 4) is 22.4 Å². The van der Waals surface area contributed by atoms with Crippen molar-refractivity contribution in [2.24, 2.45) is 0 Å². The molecule has 1 N–H and O–H groups in total. The summed E-state index contributed by atoms with van der Waals surface area (Å²) in [6.45, 7) is 3.85. The summed E-state index contributed by atoms with van der Waals surface area (Å²) in [5, 5.41) is 1.01. The van der Waals surface area contributed by atoms with Gasteiger partial charge in [0.05, 0.1) is 11.1 Å². The predicted molar refractivity (Wildman–Crippen MR) is 106 cm³/mol. The quantitative estimate of drug-likeness (QED) is 0.515. The van der Waals surface area contributed by atoms with Crippen LogP contribution < -0.4 is 5.43 Å². The Kier molecular flexibility index (Phi) is 4.05. The first-order chi connectivity index (χ1) is 12.5. The van der Waals surface area contributed by atoms with Gasteiger partial charge in [-0.2, -0.15) is 0 Å². The van der Waals surface area contributed by atoms with Crippen LogP contribution in [0.5, 0.6) is 0 Å². The topological polar surface area (TPSA) is 58.6 Å². The third kappa shape index (κ3) is 2.78. The lowest BCUT2D eigenvalue weighted by Gasteiger charge is -2.15. The van der Waals surface area contributed by atoms with E-state index in [4.69, 9.17) is 16.6 Å². The number of aromatic amines is 1. The molecule has 26 heavy (non-hydrogen) atoms. The van der Waals surface area contributed by atoms with Crippen LogP contribution in [0.1, 0.15) is 11.3 Å². The SMILES string of the molecule is Cc1cc(-c2c(-c3ccccc3)nc3[nH]ccc(=O)c3c2C)cc(Cl)n1. The summed E-state index contributed by atoms with van der Waals surface area (Å²) in [6.07, 6.45) is 1.62. The maximum atomic E-state index is 12.5. The number of pyridine rings is 3. The molecule has 0 aliphatic rings. The van der Waals surface area contributed by atoms with E-state index in [0.29, 0.717) is 16.2 Å². The highest BCUT2D eigenvalue weighted by atomic mass is 35.5. The lowest BCUT2D eigenvalue weighted by molar-refractivity contribution is 1.20. The fourth-order valence-corrected chi connectivity index (χ4v) is 3.57. The zero-order valence-corrected chi connectivity index (χ0v) is 15.1. The molecule has 0 fully saturated rings. The average Bonchev–Trinajstić information content (AvgIpc) is 2.61. The van der Waals surface area contributed by atoms with E-state index >= 15 is 0 Å². The smallest absolute Gasteiger partial charge is 0.191 e. The molecule has 0 aliphatic heterocycles. The minimum Gasteiger partial charge on any atom is -0.346 e. The van der Waals surface area contributed by atoms with E-state index in [1.54, 1.807) is 6.20 Å². The molecule has 3 aromatic heterocycles. The second kappa shape index (κ2) is 6.39. The monoisotopic (exact) mass is 361 g/mol. The maximum absolute atomic E-state index is 12.5. The van der Waals surface area contributed by atoms with Crippen LogP contribution in [0.4, 0.5) is 0 Å². The third-order valence-corrected chi connectivity index (χ3v) is 4.60. The number of rotatable bonds is 2. The lowest BCUT2D eigenvalue weighted by atomic mass is 9.93. The minimum absolute atomic E-state index is 0.0542. The van der Waals surface area contributed by atoms with Crippen molar-refractivity contribution in [2.75, 3.05) is 0 Å². The number of aromatic nitrogens is 3. The average molecular weight is 362 g/mol. The van der Waals surface area contributed by atoms with Gasteiger partial charge in [0.15, 0.2) is 5.43 Å². The van der Waals surface area contributed by atoms with Crippen molar-refractivity contribution >= 4 is 22.6 Å². The summed E-state index contributed by atoms with van der Waals surface area (Å²) in [7, 11) is 0. The van der Waals surface area contributed by atoms with Crippen molar-refractivity contribution in [2.45, 2.75) is 13.8 Å². The van der Waals surface area contributed by atoms with E-state index in [0.717, 1.165) is 33.6 Å². The number of H-pyrrole nitrogens is 1. The van der Waals surface area contributed by atoms with Gasteiger partial charge in [-0.1, -0.05) is 41.9 Å². The van der Waals surface area contributed by atoms with Crippen LogP contribution in [0.3, 0.4) is 0 Å². The van der Waals surface area contributed by atoms with Crippen molar-refractivity contribution in [1.82, 2.24) is 15.0 Å². The minimum atomic E-state index is -0.0542. The highest BCUT2D eigenvalue weighted by molar-refractivity contribution is 6.29. The van der Waals surface area contributed by atoms with Crippen molar-refractivity contribution in [3.05, 3.63) is 81.4 Å². The van der Waals surface area contributed by atoms with Gasteiger partial charge in [0.25, 0.3) is 0 Å². The van der Waals surface area contributed by atoms with Gasteiger partial charge in [-0.15, -0.1) is 0 Å². The molecule has 0 aliphatic carbocycles. The Balaban J connectivity index is 2.17. The summed E-state index contributed by atoms with van der Waals surface area (Å²) in [6, 6.07) is 15.2. The molecular weight excluding hydrogens is 346 g/mol. The van der Waals surface area contributed by atoms with Crippen LogP contribution in [-0.4, -0.2) is 15.0 Å². The summed E-state index contributed by atoms with van der Waals surface area (Å²) in [5.74, 6) is 0. The van der Waals surface area contributed by atoms with Gasteiger partial charge in [-0.3, -0.25) is 4.79 Å². The molecule has 4 nitrogen and oxygen atoms in total. The van der Waals surface area contributed by atoms with Gasteiger partial charge < -0.3 is 4.98 Å². The molecule has 0 saturated heterocycles. The van der Waals surface area contributed by atoms with E-state index in [9.17, 15) is 4.79 Å². The second-order valence-electron chi connectivity index (χ2n) is 6.21. The Morgan fingerprint density at radius 2 is 1.73 bits per heavy atom. The van der Waals surface area contributed by atoms with Crippen LogP contribution in [-0.2, 0) is 0 Å². The van der Waals surface area contributed by atoms with E-state index in [-0.39, 0.29) is 5.43 Å². The number of hydrogen-bond donors (Lipinski definition) is 1. The number of hydrogen-bond acceptors (Lipinski definition) is 3. The van der Waals surface area contributed by atoms with E-state index in [1.165, 1.54) is 6.07 Å². The molecule has 3 heterocycles. The standard InChI is InChI=1S/C21H16ClN3O/c1-12-10-15(11-17(22)24-12)18-13(2)19-16(26)8-9-23-21(19)25-20(18)14-6-4-3-5-7-14/h3-11H,1-2H3,(H,23,25,26). The summed E-state index contributed by atoms with van der Waals surface area (Å²) in [5.41, 5.74) is 5.78. The summed E-state index contributed by atoms with van der Waals surface area (Å²) >= 11 is 6.20. The largest absolute Gasteiger partial charge is 0.346 e. The highest BCUT2D eigenvalue weighted by Gasteiger charge is 2.18. The first kappa shape index (κ1) is 16.5. The van der Waals surface area contributed by atoms with Gasteiger partial charge in [-0.05, 0) is 37.1 Å². The number of nitrogens with one attached hydrogen (secondary N) is 1.